The lowest BCUT2D eigenvalue weighted by atomic mass is 10.2. The van der Waals surface area contributed by atoms with E-state index in [0.29, 0.717) is 17.2 Å². The number of aryl methyl sites for hydroxylation is 2. The highest BCUT2D eigenvalue weighted by molar-refractivity contribution is 5.79. The van der Waals surface area contributed by atoms with Gasteiger partial charge in [0, 0.05) is 12.3 Å². The van der Waals surface area contributed by atoms with Gasteiger partial charge >= 0.3 is 0 Å². The van der Waals surface area contributed by atoms with Gasteiger partial charge in [0.25, 0.3) is 5.69 Å². The minimum absolute atomic E-state index is 0.0637. The second-order valence-corrected chi connectivity index (χ2v) is 4.05. The van der Waals surface area contributed by atoms with Crippen molar-refractivity contribution in [2.24, 2.45) is 5.10 Å². The second-order valence-electron chi connectivity index (χ2n) is 4.05. The Morgan fingerprint density at radius 2 is 1.90 bits per heavy atom. The molecule has 0 unspecified atom stereocenters. The van der Waals surface area contributed by atoms with E-state index >= 15 is 0 Å². The van der Waals surface area contributed by atoms with Crippen molar-refractivity contribution in [3.63, 3.8) is 0 Å². The standard InChI is InChI=1S/C13H13N5O2/c1-10-15-16-11(2)17(10)14-9-5-7-12-6-3-4-8-13(12)18(19)20/h3-9H,1-2H3/b7-5+,14-9-. The van der Waals surface area contributed by atoms with Crippen LogP contribution < -0.4 is 0 Å². The number of nitrogens with zero attached hydrogens (tertiary/aromatic N) is 5. The highest BCUT2D eigenvalue weighted by atomic mass is 16.6. The van der Waals surface area contributed by atoms with Crippen LogP contribution in [0.15, 0.2) is 35.4 Å². The molecule has 7 nitrogen and oxygen atoms in total. The minimum Gasteiger partial charge on any atom is -0.258 e. The molecule has 7 heteroatoms. The molecule has 0 aliphatic rings. The second kappa shape index (κ2) is 5.87. The molecule has 0 aliphatic heterocycles. The summed E-state index contributed by atoms with van der Waals surface area (Å²) in [5.74, 6) is 1.36. The van der Waals surface area contributed by atoms with Crippen LogP contribution >= 0.6 is 0 Å². The Kier molecular flexibility index (Phi) is 3.99. The Morgan fingerprint density at radius 3 is 2.55 bits per heavy atom. The first kappa shape index (κ1) is 13.6. The molecule has 0 fully saturated rings. The molecule has 2 rings (SSSR count). The van der Waals surface area contributed by atoms with E-state index in [-0.39, 0.29) is 5.69 Å². The van der Waals surface area contributed by atoms with Crippen LogP contribution in [0, 0.1) is 24.0 Å². The molecular weight excluding hydrogens is 258 g/mol. The van der Waals surface area contributed by atoms with E-state index in [2.05, 4.69) is 15.3 Å². The van der Waals surface area contributed by atoms with Gasteiger partial charge in [0.05, 0.1) is 10.5 Å². The quantitative estimate of drug-likeness (QED) is 0.485. The number of para-hydroxylation sites is 1. The van der Waals surface area contributed by atoms with Crippen molar-refractivity contribution in [1.29, 1.82) is 0 Å². The van der Waals surface area contributed by atoms with Crippen molar-refractivity contribution < 1.29 is 4.92 Å². The van der Waals surface area contributed by atoms with E-state index in [9.17, 15) is 10.1 Å². The lowest BCUT2D eigenvalue weighted by molar-refractivity contribution is -0.385. The molecular formula is C13H13N5O2. The summed E-state index contributed by atoms with van der Waals surface area (Å²) in [6.45, 7) is 3.59. The largest absolute Gasteiger partial charge is 0.276 e. The summed E-state index contributed by atoms with van der Waals surface area (Å²) in [6.07, 6.45) is 4.82. The molecule has 0 N–H and O–H groups in total. The van der Waals surface area contributed by atoms with Crippen molar-refractivity contribution in [3.05, 3.63) is 57.7 Å². The van der Waals surface area contributed by atoms with Crippen molar-refractivity contribution >= 4 is 18.0 Å². The van der Waals surface area contributed by atoms with Gasteiger partial charge in [0.15, 0.2) is 11.6 Å². The fraction of sp³-hybridized carbons (Fsp3) is 0.154. The number of hydrogen-bond donors (Lipinski definition) is 0. The molecule has 1 aromatic carbocycles. The van der Waals surface area contributed by atoms with E-state index < -0.39 is 4.92 Å². The third kappa shape index (κ3) is 2.94. The maximum Gasteiger partial charge on any atom is 0.276 e. The van der Waals surface area contributed by atoms with Gasteiger partial charge in [-0.15, -0.1) is 10.2 Å². The Labute approximate surface area is 115 Å². The van der Waals surface area contributed by atoms with Crippen molar-refractivity contribution in [2.45, 2.75) is 13.8 Å². The van der Waals surface area contributed by atoms with Crippen LogP contribution in [0.1, 0.15) is 17.2 Å². The number of benzene rings is 1. The summed E-state index contributed by atoms with van der Waals surface area (Å²) in [4.78, 5) is 10.4. The summed E-state index contributed by atoms with van der Waals surface area (Å²) in [6, 6.07) is 6.52. The summed E-state index contributed by atoms with van der Waals surface area (Å²) >= 11 is 0. The van der Waals surface area contributed by atoms with Crippen LogP contribution in [0.3, 0.4) is 0 Å². The van der Waals surface area contributed by atoms with Crippen LogP contribution in [0.2, 0.25) is 0 Å². The number of allylic oxidation sites excluding steroid dienone is 1. The summed E-state index contributed by atoms with van der Waals surface area (Å²) in [5, 5.41) is 22.8. The molecule has 2 aromatic rings. The Balaban J connectivity index is 2.17. The van der Waals surface area contributed by atoms with E-state index in [1.54, 1.807) is 55.1 Å². The number of nitro groups is 1. The van der Waals surface area contributed by atoms with Gasteiger partial charge in [-0.1, -0.05) is 12.1 Å². The van der Waals surface area contributed by atoms with E-state index in [1.165, 1.54) is 6.07 Å². The molecule has 0 amide bonds. The van der Waals surface area contributed by atoms with Crippen LogP contribution in [0.5, 0.6) is 0 Å². The fourth-order valence-electron chi connectivity index (χ4n) is 1.68. The van der Waals surface area contributed by atoms with Gasteiger partial charge in [0.1, 0.15) is 0 Å². The molecule has 1 aromatic heterocycles. The first-order valence-electron chi connectivity index (χ1n) is 5.92. The highest BCUT2D eigenvalue weighted by Crippen LogP contribution is 2.18. The molecule has 0 bridgehead atoms. The van der Waals surface area contributed by atoms with Crippen molar-refractivity contribution in [1.82, 2.24) is 14.9 Å². The van der Waals surface area contributed by atoms with Crippen LogP contribution in [-0.4, -0.2) is 26.0 Å². The van der Waals surface area contributed by atoms with Crippen LogP contribution in [0.25, 0.3) is 6.08 Å². The highest BCUT2D eigenvalue weighted by Gasteiger charge is 2.08. The predicted molar refractivity (Wildman–Crippen MR) is 75.5 cm³/mol. The Morgan fingerprint density at radius 1 is 1.25 bits per heavy atom. The zero-order chi connectivity index (χ0) is 14.5. The zero-order valence-corrected chi connectivity index (χ0v) is 11.1. The average Bonchev–Trinajstić information content (AvgIpc) is 2.75. The molecule has 0 aliphatic carbocycles. The van der Waals surface area contributed by atoms with Gasteiger partial charge in [0.2, 0.25) is 0 Å². The molecule has 0 spiro atoms. The zero-order valence-electron chi connectivity index (χ0n) is 11.1. The first-order chi connectivity index (χ1) is 9.59. The minimum atomic E-state index is -0.412. The lowest BCUT2D eigenvalue weighted by Gasteiger charge is -1.96. The number of aromatic nitrogens is 3. The maximum absolute atomic E-state index is 10.8. The SMILES string of the molecule is Cc1nnc(C)n1/N=C\C=C\c1ccccc1[N+](=O)[O-]. The van der Waals surface area contributed by atoms with Gasteiger partial charge in [-0.05, 0) is 32.1 Å². The lowest BCUT2D eigenvalue weighted by Crippen LogP contribution is -1.94. The van der Waals surface area contributed by atoms with Crippen molar-refractivity contribution in [2.75, 3.05) is 0 Å². The molecule has 0 saturated heterocycles. The Hall–Kier alpha value is -2.83. The topological polar surface area (TPSA) is 86.2 Å². The van der Waals surface area contributed by atoms with Gasteiger partial charge in [-0.25, -0.2) is 4.68 Å². The van der Waals surface area contributed by atoms with Gasteiger partial charge in [-0.3, -0.25) is 10.1 Å². The molecule has 1 heterocycles. The van der Waals surface area contributed by atoms with E-state index in [1.807, 2.05) is 0 Å². The first-order valence-corrected chi connectivity index (χ1v) is 5.92. The van der Waals surface area contributed by atoms with E-state index in [0.717, 1.165) is 0 Å². The third-order valence-corrected chi connectivity index (χ3v) is 2.63. The van der Waals surface area contributed by atoms with Crippen molar-refractivity contribution in [3.8, 4) is 0 Å². The molecule has 0 saturated carbocycles. The third-order valence-electron chi connectivity index (χ3n) is 2.63. The molecule has 0 atom stereocenters. The fourth-order valence-corrected chi connectivity index (χ4v) is 1.68. The summed E-state index contributed by atoms with van der Waals surface area (Å²) in [5.41, 5.74) is 0.593. The van der Waals surface area contributed by atoms with Gasteiger partial charge in [-0.2, -0.15) is 5.10 Å². The molecule has 20 heavy (non-hydrogen) atoms. The van der Waals surface area contributed by atoms with Gasteiger partial charge < -0.3 is 0 Å². The number of nitro benzene ring substituents is 1. The normalized spacial score (nSPS) is 11.5. The maximum atomic E-state index is 10.8. The summed E-state index contributed by atoms with van der Waals surface area (Å²) < 4.78 is 1.59. The van der Waals surface area contributed by atoms with E-state index in [4.69, 9.17) is 0 Å². The van der Waals surface area contributed by atoms with Crippen LogP contribution in [-0.2, 0) is 0 Å². The average molecular weight is 271 g/mol. The number of hydrogen-bond acceptors (Lipinski definition) is 5. The Bertz CT molecular complexity index is 668. The van der Waals surface area contributed by atoms with Crippen LogP contribution in [0.4, 0.5) is 5.69 Å². The number of rotatable bonds is 4. The predicted octanol–water partition coefficient (Wildman–Crippen LogP) is 2.35. The monoisotopic (exact) mass is 271 g/mol. The smallest absolute Gasteiger partial charge is 0.258 e. The molecule has 102 valence electrons. The molecule has 0 radical (unpaired) electrons. The summed E-state index contributed by atoms with van der Waals surface area (Å²) in [7, 11) is 0.